The van der Waals surface area contributed by atoms with Gasteiger partial charge in [-0.2, -0.15) is 0 Å². The number of methoxy groups -OCH3 is 1. The molecule has 31 heavy (non-hydrogen) atoms. The van der Waals surface area contributed by atoms with Crippen molar-refractivity contribution in [2.75, 3.05) is 31.8 Å². The molecule has 0 saturated heterocycles. The number of carbonyl (C=O) groups excluding carboxylic acids is 1. The van der Waals surface area contributed by atoms with Gasteiger partial charge in [-0.1, -0.05) is 29.8 Å². The molecule has 1 heterocycles. The summed E-state index contributed by atoms with van der Waals surface area (Å²) in [6.07, 6.45) is 0. The second-order valence-corrected chi connectivity index (χ2v) is 7.57. The van der Waals surface area contributed by atoms with Crippen LogP contribution in [0.4, 0.5) is 5.69 Å². The summed E-state index contributed by atoms with van der Waals surface area (Å²) in [5.41, 5.74) is 4.16. The van der Waals surface area contributed by atoms with Crippen LogP contribution in [0.2, 0.25) is 0 Å². The number of rotatable bonds is 8. The van der Waals surface area contributed by atoms with Gasteiger partial charge in [0.25, 0.3) is 0 Å². The summed E-state index contributed by atoms with van der Waals surface area (Å²) in [6, 6.07) is 15.2. The zero-order valence-electron chi connectivity index (χ0n) is 18.3. The molecule has 0 amide bonds. The summed E-state index contributed by atoms with van der Waals surface area (Å²) in [4.78, 5) is 15.0. The minimum absolute atomic E-state index is 0.178. The number of allylic oxidation sites excluding steroid dienone is 1. The highest BCUT2D eigenvalue weighted by Gasteiger charge is 2.35. The summed E-state index contributed by atoms with van der Waals surface area (Å²) < 4.78 is 16.0. The average Bonchev–Trinajstić information content (AvgIpc) is 2.75. The third-order valence-corrected chi connectivity index (χ3v) is 5.34. The van der Waals surface area contributed by atoms with E-state index >= 15 is 0 Å². The number of hydrogen-bond donors (Lipinski definition) is 1. The lowest BCUT2D eigenvalue weighted by molar-refractivity contribution is -0.140. The van der Waals surface area contributed by atoms with E-state index in [1.807, 2.05) is 74.2 Å². The lowest BCUT2D eigenvalue weighted by Gasteiger charge is -2.37. The number of thiocarbonyl (C=S) groups is 1. The summed E-state index contributed by atoms with van der Waals surface area (Å²) in [6.45, 7) is 6.96. The monoisotopic (exact) mass is 440 g/mol. The molecule has 0 saturated carbocycles. The third kappa shape index (κ3) is 5.24. The van der Waals surface area contributed by atoms with Crippen LogP contribution in [0.5, 0.6) is 5.75 Å². The topological polar surface area (TPSA) is 60.0 Å². The Balaban J connectivity index is 2.02. The van der Waals surface area contributed by atoms with Gasteiger partial charge in [-0.05, 0) is 62.8 Å². The number of aryl methyl sites for hydroxylation is 1. The van der Waals surface area contributed by atoms with Gasteiger partial charge in [-0.3, -0.25) is 4.90 Å². The van der Waals surface area contributed by atoms with E-state index in [4.69, 9.17) is 26.4 Å². The average molecular weight is 441 g/mol. The quantitative estimate of drug-likeness (QED) is 0.373. The molecular formula is C24H28N2O4S. The molecule has 2 aromatic carbocycles. The maximum Gasteiger partial charge on any atom is 0.338 e. The molecular weight excluding hydrogens is 412 g/mol. The molecule has 0 radical (unpaired) electrons. The highest BCUT2D eigenvalue weighted by molar-refractivity contribution is 7.80. The predicted molar refractivity (Wildman–Crippen MR) is 125 cm³/mol. The van der Waals surface area contributed by atoms with Gasteiger partial charge >= 0.3 is 5.97 Å². The van der Waals surface area contributed by atoms with Crippen molar-refractivity contribution < 1.29 is 19.0 Å². The number of nitrogens with one attached hydrogen (secondary N) is 1. The van der Waals surface area contributed by atoms with Crippen LogP contribution < -0.4 is 15.0 Å². The van der Waals surface area contributed by atoms with E-state index in [9.17, 15) is 4.79 Å². The normalized spacial score (nSPS) is 16.2. The SMILES string of the molecule is CCOc1ccc(C2NC(=S)N(c3ccc(C)cc3)C(C)=C2C(=O)OCCOC)cc1. The molecule has 0 aliphatic carbocycles. The van der Waals surface area contributed by atoms with Crippen LogP contribution in [-0.2, 0) is 14.3 Å². The molecule has 7 heteroatoms. The molecule has 0 bridgehead atoms. The van der Waals surface area contributed by atoms with E-state index in [1.165, 1.54) is 0 Å². The largest absolute Gasteiger partial charge is 0.494 e. The molecule has 0 fully saturated rings. The third-order valence-electron chi connectivity index (χ3n) is 5.04. The maximum absolute atomic E-state index is 13.1. The van der Waals surface area contributed by atoms with Gasteiger partial charge < -0.3 is 19.5 Å². The Labute approximate surface area is 188 Å². The number of nitrogens with zero attached hydrogens (tertiary/aromatic N) is 1. The fourth-order valence-electron chi connectivity index (χ4n) is 3.48. The van der Waals surface area contributed by atoms with Crippen LogP contribution in [0.3, 0.4) is 0 Å². The van der Waals surface area contributed by atoms with Crippen molar-refractivity contribution in [3.8, 4) is 5.75 Å². The molecule has 2 aromatic rings. The molecule has 1 unspecified atom stereocenters. The van der Waals surface area contributed by atoms with Gasteiger partial charge in [0.1, 0.15) is 12.4 Å². The van der Waals surface area contributed by atoms with E-state index in [0.29, 0.717) is 23.9 Å². The first-order valence-corrected chi connectivity index (χ1v) is 10.6. The minimum atomic E-state index is -0.431. The number of ether oxygens (including phenoxy) is 3. The smallest absolute Gasteiger partial charge is 0.338 e. The van der Waals surface area contributed by atoms with Gasteiger partial charge in [0, 0.05) is 18.5 Å². The van der Waals surface area contributed by atoms with E-state index in [-0.39, 0.29) is 6.61 Å². The van der Waals surface area contributed by atoms with Crippen LogP contribution in [0.25, 0.3) is 0 Å². The summed E-state index contributed by atoms with van der Waals surface area (Å²) in [5.74, 6) is 0.372. The Morgan fingerprint density at radius 3 is 2.35 bits per heavy atom. The molecule has 0 aromatic heterocycles. The van der Waals surface area contributed by atoms with Crippen molar-refractivity contribution in [3.63, 3.8) is 0 Å². The molecule has 1 aliphatic rings. The number of esters is 1. The summed E-state index contributed by atoms with van der Waals surface area (Å²) in [7, 11) is 1.57. The predicted octanol–water partition coefficient (Wildman–Crippen LogP) is 4.29. The first-order chi connectivity index (χ1) is 15.0. The molecule has 0 spiro atoms. The van der Waals surface area contributed by atoms with E-state index < -0.39 is 12.0 Å². The Morgan fingerprint density at radius 2 is 1.74 bits per heavy atom. The zero-order chi connectivity index (χ0) is 22.4. The highest BCUT2D eigenvalue weighted by Crippen LogP contribution is 2.34. The van der Waals surface area contributed by atoms with E-state index in [2.05, 4.69) is 5.32 Å². The number of benzene rings is 2. The number of hydrogen-bond acceptors (Lipinski definition) is 5. The van der Waals surface area contributed by atoms with Gasteiger partial charge in [-0.15, -0.1) is 0 Å². The van der Waals surface area contributed by atoms with Gasteiger partial charge in [-0.25, -0.2) is 4.79 Å². The fourth-order valence-corrected chi connectivity index (χ4v) is 3.84. The van der Waals surface area contributed by atoms with Crippen molar-refractivity contribution in [3.05, 3.63) is 70.9 Å². The van der Waals surface area contributed by atoms with Gasteiger partial charge in [0.15, 0.2) is 5.11 Å². The standard InChI is InChI=1S/C24H28N2O4S/c1-5-29-20-12-8-18(9-13-20)22-21(23(27)30-15-14-28-4)17(3)26(24(31)25-22)19-10-6-16(2)7-11-19/h6-13,22H,5,14-15H2,1-4H3,(H,25,31). The molecule has 1 N–H and O–H groups in total. The van der Waals surface area contributed by atoms with E-state index in [1.54, 1.807) is 7.11 Å². The lowest BCUT2D eigenvalue weighted by atomic mass is 9.94. The van der Waals surface area contributed by atoms with Crippen LogP contribution >= 0.6 is 12.2 Å². The van der Waals surface area contributed by atoms with Crippen molar-refractivity contribution >= 4 is 29.0 Å². The molecule has 3 rings (SSSR count). The first kappa shape index (κ1) is 22.8. The number of anilines is 1. The summed E-state index contributed by atoms with van der Waals surface area (Å²) in [5, 5.41) is 3.85. The maximum atomic E-state index is 13.1. The first-order valence-electron chi connectivity index (χ1n) is 10.2. The van der Waals surface area contributed by atoms with Gasteiger partial charge in [0.05, 0.1) is 24.8 Å². The van der Waals surface area contributed by atoms with Crippen LogP contribution in [-0.4, -0.2) is 38.0 Å². The van der Waals surface area contributed by atoms with Crippen LogP contribution in [0.1, 0.15) is 31.0 Å². The second-order valence-electron chi connectivity index (χ2n) is 7.18. The van der Waals surface area contributed by atoms with Gasteiger partial charge in [0.2, 0.25) is 0 Å². The zero-order valence-corrected chi connectivity index (χ0v) is 19.1. The van der Waals surface area contributed by atoms with Crippen molar-refractivity contribution in [1.82, 2.24) is 5.32 Å². The van der Waals surface area contributed by atoms with Crippen LogP contribution in [0.15, 0.2) is 59.8 Å². The van der Waals surface area contributed by atoms with Crippen molar-refractivity contribution in [2.45, 2.75) is 26.8 Å². The summed E-state index contributed by atoms with van der Waals surface area (Å²) >= 11 is 5.69. The molecule has 6 nitrogen and oxygen atoms in total. The molecule has 1 atom stereocenters. The fraction of sp³-hybridized carbons (Fsp3) is 0.333. The molecule has 1 aliphatic heterocycles. The van der Waals surface area contributed by atoms with E-state index in [0.717, 1.165) is 28.3 Å². The van der Waals surface area contributed by atoms with Crippen molar-refractivity contribution in [2.24, 2.45) is 0 Å². The Hall–Kier alpha value is -2.90. The second kappa shape index (κ2) is 10.4. The Morgan fingerprint density at radius 1 is 1.06 bits per heavy atom. The minimum Gasteiger partial charge on any atom is -0.494 e. The number of carbonyl (C=O) groups is 1. The Bertz CT molecular complexity index is 955. The Kier molecular flexibility index (Phi) is 7.65. The molecule has 164 valence electrons. The van der Waals surface area contributed by atoms with Crippen LogP contribution in [0, 0.1) is 6.92 Å². The highest BCUT2D eigenvalue weighted by atomic mass is 32.1. The van der Waals surface area contributed by atoms with Crippen molar-refractivity contribution in [1.29, 1.82) is 0 Å². The lowest BCUT2D eigenvalue weighted by Crippen LogP contribution is -2.48.